The molecule has 0 bridgehead atoms. The van der Waals surface area contributed by atoms with Crippen LogP contribution in [0.1, 0.15) is 11.1 Å². The van der Waals surface area contributed by atoms with Gasteiger partial charge in [0.15, 0.2) is 23.0 Å². The second kappa shape index (κ2) is 11.3. The van der Waals surface area contributed by atoms with E-state index in [1.54, 1.807) is 12.4 Å². The third kappa shape index (κ3) is 6.28. The minimum absolute atomic E-state index is 0.240. The summed E-state index contributed by atoms with van der Waals surface area (Å²) in [4.78, 5) is 0. The number of piperazine rings is 1. The van der Waals surface area contributed by atoms with E-state index < -0.39 is 0 Å². The summed E-state index contributed by atoms with van der Waals surface area (Å²) >= 11 is 10.7. The Hall–Kier alpha value is -3.72. The normalized spacial score (nSPS) is 16.9. The molecule has 36 heavy (non-hydrogen) atoms. The summed E-state index contributed by atoms with van der Waals surface area (Å²) in [5.74, 6) is 2.88. The van der Waals surface area contributed by atoms with E-state index in [1.807, 2.05) is 46.4 Å². The van der Waals surface area contributed by atoms with Crippen molar-refractivity contribution in [1.82, 2.24) is 31.7 Å². The van der Waals surface area contributed by atoms with Crippen molar-refractivity contribution < 1.29 is 18.9 Å². The summed E-state index contributed by atoms with van der Waals surface area (Å²) in [6.45, 7) is 3.38. The molecule has 3 aliphatic rings. The van der Waals surface area contributed by atoms with Crippen LogP contribution in [0.25, 0.3) is 0 Å². The van der Waals surface area contributed by atoms with Crippen LogP contribution < -0.4 is 40.7 Å². The Morgan fingerprint density at radius 2 is 1.08 bits per heavy atom. The Morgan fingerprint density at radius 3 is 1.53 bits per heavy atom. The van der Waals surface area contributed by atoms with Gasteiger partial charge in [0.1, 0.15) is 0 Å². The molecule has 3 heterocycles. The number of hydrazone groups is 2. The zero-order valence-electron chi connectivity index (χ0n) is 19.1. The van der Waals surface area contributed by atoms with Crippen LogP contribution in [0.3, 0.4) is 0 Å². The van der Waals surface area contributed by atoms with Crippen LogP contribution in [0.5, 0.6) is 23.0 Å². The molecule has 0 amide bonds. The largest absolute Gasteiger partial charge is 0.454 e. The first-order valence-corrected chi connectivity index (χ1v) is 11.9. The van der Waals surface area contributed by atoms with Crippen molar-refractivity contribution in [2.75, 3.05) is 39.8 Å². The van der Waals surface area contributed by atoms with Crippen molar-refractivity contribution in [2.24, 2.45) is 10.2 Å². The fourth-order valence-corrected chi connectivity index (χ4v) is 3.95. The fraction of sp³-hybridized carbons (Fsp3) is 0.273. The summed E-state index contributed by atoms with van der Waals surface area (Å²) in [5.41, 5.74) is 13.7. The van der Waals surface area contributed by atoms with Gasteiger partial charge in [-0.2, -0.15) is 10.2 Å². The number of nitrogens with one attached hydrogen (secondary N) is 4. The van der Waals surface area contributed by atoms with Crippen molar-refractivity contribution in [3.63, 3.8) is 0 Å². The highest BCUT2D eigenvalue weighted by Crippen LogP contribution is 2.32. The molecule has 0 saturated carbocycles. The Balaban J connectivity index is 0.983. The lowest BCUT2D eigenvalue weighted by atomic mass is 10.2. The van der Waals surface area contributed by atoms with Crippen LogP contribution in [0, 0.1) is 0 Å². The van der Waals surface area contributed by atoms with E-state index in [0.717, 1.165) is 48.8 Å². The lowest BCUT2D eigenvalue weighted by Gasteiger charge is -2.35. The number of rotatable bonds is 6. The first kappa shape index (κ1) is 24.0. The molecule has 12 nitrogen and oxygen atoms in total. The highest BCUT2D eigenvalue weighted by Gasteiger charge is 2.18. The van der Waals surface area contributed by atoms with Gasteiger partial charge in [-0.1, -0.05) is 0 Å². The van der Waals surface area contributed by atoms with Crippen molar-refractivity contribution in [1.29, 1.82) is 0 Å². The molecule has 2 aromatic carbocycles. The zero-order chi connectivity index (χ0) is 24.7. The minimum Gasteiger partial charge on any atom is -0.454 e. The smallest absolute Gasteiger partial charge is 0.231 e. The summed E-state index contributed by atoms with van der Waals surface area (Å²) in [5, 5.41) is 13.2. The molecule has 0 unspecified atom stereocenters. The van der Waals surface area contributed by atoms with E-state index in [4.69, 9.17) is 43.4 Å². The Labute approximate surface area is 218 Å². The number of hydrogen-bond acceptors (Lipinski definition) is 10. The molecule has 0 spiro atoms. The third-order valence-electron chi connectivity index (χ3n) is 5.35. The molecule has 1 fully saturated rings. The molecular weight excluding hydrogens is 504 g/mol. The summed E-state index contributed by atoms with van der Waals surface area (Å²) < 4.78 is 21.3. The van der Waals surface area contributed by atoms with Gasteiger partial charge in [0.2, 0.25) is 23.8 Å². The second-order valence-corrected chi connectivity index (χ2v) is 8.64. The van der Waals surface area contributed by atoms with Crippen LogP contribution in [-0.4, -0.2) is 72.4 Å². The van der Waals surface area contributed by atoms with Crippen LogP contribution in [-0.2, 0) is 0 Å². The molecule has 4 N–H and O–H groups in total. The van der Waals surface area contributed by atoms with Gasteiger partial charge in [0.25, 0.3) is 0 Å². The average Bonchev–Trinajstić information content (AvgIpc) is 3.54. The first-order chi connectivity index (χ1) is 17.6. The van der Waals surface area contributed by atoms with E-state index in [2.05, 4.69) is 31.9 Å². The molecule has 0 atom stereocenters. The molecule has 2 aromatic rings. The SMILES string of the molecule is S=C(N/N=C\c1ccc2c(c1)OCO2)NN1CCN(NC(=S)N/N=C\c2ccc3c(c2)OCO3)CC1. The van der Waals surface area contributed by atoms with Gasteiger partial charge in [-0.05, 0) is 72.0 Å². The first-order valence-electron chi connectivity index (χ1n) is 11.1. The summed E-state index contributed by atoms with van der Waals surface area (Å²) in [7, 11) is 0. The van der Waals surface area contributed by atoms with E-state index in [-0.39, 0.29) is 13.6 Å². The lowest BCUT2D eigenvalue weighted by Crippen LogP contribution is -2.59. The van der Waals surface area contributed by atoms with Crippen LogP contribution in [0.2, 0.25) is 0 Å². The van der Waals surface area contributed by atoms with Gasteiger partial charge >= 0.3 is 0 Å². The average molecular weight is 529 g/mol. The number of hydrogen-bond donors (Lipinski definition) is 4. The van der Waals surface area contributed by atoms with E-state index in [9.17, 15) is 0 Å². The standard InChI is InChI=1S/C22H24N8O4S2/c35-21(25-23-11-15-1-3-17-19(9-15)33-13-31-17)27-29-5-7-30(8-6-29)28-22(36)26-24-12-16-2-4-18-20(10-16)34-14-32-18/h1-4,9-12H,5-8,13-14H2,(H2,25,27,35)(H2,26,28,36)/b23-11-,24-12-. The van der Waals surface area contributed by atoms with Gasteiger partial charge in [0, 0.05) is 26.2 Å². The second-order valence-electron chi connectivity index (χ2n) is 7.82. The molecule has 0 aromatic heterocycles. The summed E-state index contributed by atoms with van der Waals surface area (Å²) in [6, 6.07) is 11.2. The van der Waals surface area contributed by atoms with Gasteiger partial charge in [-0.15, -0.1) is 0 Å². The number of nitrogens with zero attached hydrogens (tertiary/aromatic N) is 4. The lowest BCUT2D eigenvalue weighted by molar-refractivity contribution is 0.0936. The predicted molar refractivity (Wildman–Crippen MR) is 141 cm³/mol. The minimum atomic E-state index is 0.240. The van der Waals surface area contributed by atoms with Crippen molar-refractivity contribution >= 4 is 47.1 Å². The maximum atomic E-state index is 5.37. The Kier molecular flexibility index (Phi) is 7.56. The number of hydrazine groups is 2. The molecule has 3 aliphatic heterocycles. The number of thiocarbonyl (C=S) groups is 2. The highest BCUT2D eigenvalue weighted by atomic mass is 32.1. The van der Waals surface area contributed by atoms with E-state index in [1.165, 1.54) is 0 Å². The maximum absolute atomic E-state index is 5.37. The predicted octanol–water partition coefficient (Wildman–Crippen LogP) is 0.888. The van der Waals surface area contributed by atoms with Crippen LogP contribution >= 0.6 is 24.4 Å². The van der Waals surface area contributed by atoms with Gasteiger partial charge < -0.3 is 18.9 Å². The topological polar surface area (TPSA) is 116 Å². The number of benzene rings is 2. The maximum Gasteiger partial charge on any atom is 0.231 e. The molecule has 5 rings (SSSR count). The quantitative estimate of drug-likeness (QED) is 0.242. The van der Waals surface area contributed by atoms with Crippen molar-refractivity contribution in [3.05, 3.63) is 47.5 Å². The highest BCUT2D eigenvalue weighted by molar-refractivity contribution is 7.80. The Bertz CT molecular complexity index is 1100. The molecule has 0 radical (unpaired) electrons. The fourth-order valence-electron chi connectivity index (χ4n) is 3.59. The third-order valence-corrected chi connectivity index (χ3v) is 5.72. The van der Waals surface area contributed by atoms with Gasteiger partial charge in [-0.25, -0.2) is 10.0 Å². The van der Waals surface area contributed by atoms with Crippen LogP contribution in [0.4, 0.5) is 0 Å². The van der Waals surface area contributed by atoms with Crippen LogP contribution in [0.15, 0.2) is 46.6 Å². The number of fused-ring (bicyclic) bond motifs is 2. The molecule has 1 saturated heterocycles. The summed E-state index contributed by atoms with van der Waals surface area (Å²) in [6.07, 6.45) is 3.33. The number of ether oxygens (including phenoxy) is 4. The molecule has 14 heteroatoms. The van der Waals surface area contributed by atoms with Gasteiger partial charge in [0.05, 0.1) is 12.4 Å². The zero-order valence-corrected chi connectivity index (χ0v) is 20.7. The molecule has 188 valence electrons. The van der Waals surface area contributed by atoms with E-state index in [0.29, 0.717) is 21.7 Å². The van der Waals surface area contributed by atoms with Crippen molar-refractivity contribution in [3.8, 4) is 23.0 Å². The van der Waals surface area contributed by atoms with Crippen molar-refractivity contribution in [2.45, 2.75) is 0 Å². The molecular formula is C22H24N8O4S2. The monoisotopic (exact) mass is 528 g/mol. The molecule has 0 aliphatic carbocycles. The van der Waals surface area contributed by atoms with Gasteiger partial charge in [-0.3, -0.25) is 21.7 Å². The Morgan fingerprint density at radius 1 is 0.667 bits per heavy atom. The van der Waals surface area contributed by atoms with E-state index >= 15 is 0 Å².